The van der Waals surface area contributed by atoms with Gasteiger partial charge in [-0.2, -0.15) is 14.6 Å². The first-order valence-electron chi connectivity index (χ1n) is 11.6. The Morgan fingerprint density at radius 1 is 0.972 bits per heavy atom. The molecular formula is C26H19N7OS2. The average Bonchev–Trinajstić information content (AvgIpc) is 3.48. The lowest BCUT2D eigenvalue weighted by Crippen LogP contribution is -2.35. The number of aromatic nitrogens is 6. The van der Waals surface area contributed by atoms with Crippen molar-refractivity contribution in [2.24, 2.45) is 0 Å². The maximum atomic E-state index is 14.1. The monoisotopic (exact) mass is 509 g/mol. The summed E-state index contributed by atoms with van der Waals surface area (Å²) in [6.45, 7) is 2.01. The number of nitrogens with one attached hydrogen (secondary N) is 1. The largest absolute Gasteiger partial charge is 0.338 e. The Bertz CT molecular complexity index is 1750. The minimum atomic E-state index is -0.387. The number of carbonyl (C=O) groups is 1. The van der Waals surface area contributed by atoms with Crippen molar-refractivity contribution in [3.8, 4) is 0 Å². The first-order chi connectivity index (χ1) is 17.7. The van der Waals surface area contributed by atoms with Gasteiger partial charge in [0.1, 0.15) is 5.52 Å². The van der Waals surface area contributed by atoms with Gasteiger partial charge in [-0.15, -0.1) is 10.2 Å². The Kier molecular flexibility index (Phi) is 4.96. The normalized spacial score (nSPS) is 13.8. The van der Waals surface area contributed by atoms with E-state index in [1.807, 2.05) is 72.5 Å². The topological polar surface area (TPSA) is 92.1 Å². The average molecular weight is 510 g/mol. The van der Waals surface area contributed by atoms with Crippen LogP contribution >= 0.6 is 23.5 Å². The summed E-state index contributed by atoms with van der Waals surface area (Å²) in [5, 5.41) is 14.5. The molecule has 1 amide bonds. The minimum absolute atomic E-state index is 0.000538. The van der Waals surface area contributed by atoms with Gasteiger partial charge >= 0.3 is 0 Å². The highest BCUT2D eigenvalue weighted by Crippen LogP contribution is 2.48. The van der Waals surface area contributed by atoms with Crippen LogP contribution < -0.4 is 4.90 Å². The van der Waals surface area contributed by atoms with Crippen molar-refractivity contribution in [2.75, 3.05) is 4.90 Å². The summed E-state index contributed by atoms with van der Waals surface area (Å²) in [6, 6.07) is 24.0. The van der Waals surface area contributed by atoms with Crippen LogP contribution in [0.25, 0.3) is 27.8 Å². The highest BCUT2D eigenvalue weighted by atomic mass is 32.2. The fraction of sp³-hybridized carbons (Fsp3) is 0.115. The van der Waals surface area contributed by atoms with Gasteiger partial charge in [-0.25, -0.2) is 0 Å². The SMILES string of the molecule is CC[C@H](Sc1nnc2nc3[nH]c4ccccc4c3nn12)C(=O)N1c2ccccc2Sc2ccccc21. The van der Waals surface area contributed by atoms with Gasteiger partial charge in [0, 0.05) is 20.7 Å². The van der Waals surface area contributed by atoms with Crippen molar-refractivity contribution in [1.29, 1.82) is 0 Å². The molecule has 1 aliphatic rings. The molecule has 0 spiro atoms. The van der Waals surface area contributed by atoms with Crippen molar-refractivity contribution in [3.05, 3.63) is 72.8 Å². The van der Waals surface area contributed by atoms with Crippen molar-refractivity contribution in [3.63, 3.8) is 0 Å². The third kappa shape index (κ3) is 3.29. The van der Waals surface area contributed by atoms with Crippen LogP contribution in [0, 0.1) is 0 Å². The lowest BCUT2D eigenvalue weighted by atomic mass is 10.2. The number of anilines is 2. The zero-order valence-electron chi connectivity index (χ0n) is 19.1. The number of nitrogens with zero attached hydrogens (tertiary/aromatic N) is 6. The van der Waals surface area contributed by atoms with Crippen molar-refractivity contribution in [1.82, 2.24) is 29.8 Å². The van der Waals surface area contributed by atoms with Gasteiger partial charge in [0.25, 0.3) is 5.78 Å². The lowest BCUT2D eigenvalue weighted by molar-refractivity contribution is -0.117. The number of hydrogen-bond donors (Lipinski definition) is 1. The molecule has 4 heterocycles. The van der Waals surface area contributed by atoms with E-state index in [-0.39, 0.29) is 11.2 Å². The highest BCUT2D eigenvalue weighted by molar-refractivity contribution is 8.00. The maximum Gasteiger partial charge on any atom is 0.274 e. The Balaban J connectivity index is 1.29. The highest BCUT2D eigenvalue weighted by Gasteiger charge is 2.33. The number of thioether (sulfide) groups is 1. The molecule has 0 aliphatic carbocycles. The minimum Gasteiger partial charge on any atom is -0.338 e. The summed E-state index contributed by atoms with van der Waals surface area (Å²) >= 11 is 3.06. The summed E-state index contributed by atoms with van der Waals surface area (Å²) in [7, 11) is 0. The van der Waals surface area contributed by atoms with E-state index in [1.165, 1.54) is 11.8 Å². The Morgan fingerprint density at radius 2 is 1.67 bits per heavy atom. The molecule has 8 nitrogen and oxygen atoms in total. The van der Waals surface area contributed by atoms with E-state index >= 15 is 0 Å². The van der Waals surface area contributed by atoms with E-state index in [9.17, 15) is 4.79 Å². The van der Waals surface area contributed by atoms with Gasteiger partial charge in [-0.05, 0) is 36.8 Å². The van der Waals surface area contributed by atoms with E-state index in [1.54, 1.807) is 16.3 Å². The standard InChI is InChI=1S/C26H19N7OS2/c1-2-19(24(34)32-17-11-5-7-13-20(17)35-21-14-8-6-12-18(21)32)36-26-30-29-25-28-23-22(31-33(25)26)15-9-3-4-10-16(15)27-23/h3-14,19H,2H2,1H3,(H,27,28,29)/t19-/m0/s1. The number of aromatic amines is 1. The second-order valence-electron chi connectivity index (χ2n) is 8.40. The predicted molar refractivity (Wildman–Crippen MR) is 142 cm³/mol. The first kappa shape index (κ1) is 21.4. The van der Waals surface area contributed by atoms with E-state index in [4.69, 9.17) is 5.10 Å². The number of H-pyrrole nitrogens is 1. The van der Waals surface area contributed by atoms with E-state index < -0.39 is 0 Å². The van der Waals surface area contributed by atoms with Crippen molar-refractivity contribution in [2.45, 2.75) is 33.5 Å². The number of fused-ring (bicyclic) bond motifs is 6. The van der Waals surface area contributed by atoms with Crippen LogP contribution in [0.4, 0.5) is 11.4 Å². The molecular weight excluding hydrogens is 490 g/mol. The molecule has 6 aromatic rings. The van der Waals surface area contributed by atoms with Gasteiger partial charge in [-0.3, -0.25) is 9.69 Å². The quantitative estimate of drug-likeness (QED) is 0.298. The molecule has 0 radical (unpaired) electrons. The van der Waals surface area contributed by atoms with E-state index in [2.05, 4.69) is 32.3 Å². The summed E-state index contributed by atoms with van der Waals surface area (Å²) < 4.78 is 1.64. The predicted octanol–water partition coefficient (Wildman–Crippen LogP) is 5.85. The molecule has 7 rings (SSSR count). The number of amides is 1. The number of benzene rings is 3. The summed E-state index contributed by atoms with van der Waals surface area (Å²) in [5.41, 5.74) is 4.17. The summed E-state index contributed by atoms with van der Waals surface area (Å²) in [6.07, 6.45) is 0.620. The third-order valence-electron chi connectivity index (χ3n) is 6.21. The number of para-hydroxylation sites is 3. The fourth-order valence-corrected chi connectivity index (χ4v) is 6.50. The van der Waals surface area contributed by atoms with Crippen molar-refractivity contribution >= 4 is 68.7 Å². The zero-order chi connectivity index (χ0) is 24.2. The van der Waals surface area contributed by atoms with Crippen LogP contribution in [0.2, 0.25) is 0 Å². The smallest absolute Gasteiger partial charge is 0.274 e. The van der Waals surface area contributed by atoms with Crippen LogP contribution in [-0.2, 0) is 4.79 Å². The molecule has 0 saturated carbocycles. The second-order valence-corrected chi connectivity index (χ2v) is 10.7. The molecule has 1 atom stereocenters. The van der Waals surface area contributed by atoms with Crippen LogP contribution in [0.1, 0.15) is 13.3 Å². The van der Waals surface area contributed by atoms with Crippen LogP contribution in [0.3, 0.4) is 0 Å². The lowest BCUT2D eigenvalue weighted by Gasteiger charge is -2.33. The van der Waals surface area contributed by atoms with E-state index in [0.29, 0.717) is 23.0 Å². The summed E-state index contributed by atoms with van der Waals surface area (Å²) in [4.78, 5) is 25.9. The molecule has 1 N–H and O–H groups in total. The van der Waals surface area contributed by atoms with Crippen LogP contribution in [0.15, 0.2) is 87.7 Å². The molecule has 1 aliphatic heterocycles. The fourth-order valence-electron chi connectivity index (χ4n) is 4.51. The number of carbonyl (C=O) groups excluding carboxylic acids is 1. The molecule has 0 unspecified atom stereocenters. The third-order valence-corrected chi connectivity index (χ3v) is 8.63. The van der Waals surface area contributed by atoms with Crippen molar-refractivity contribution < 1.29 is 4.79 Å². The van der Waals surface area contributed by atoms with E-state index in [0.717, 1.165) is 37.6 Å². The van der Waals surface area contributed by atoms with Gasteiger partial charge in [-0.1, -0.05) is 72.9 Å². The molecule has 176 valence electrons. The number of rotatable bonds is 4. The molecule has 0 fully saturated rings. The van der Waals surface area contributed by atoms with Gasteiger partial charge in [0.05, 0.1) is 16.6 Å². The van der Waals surface area contributed by atoms with Crippen LogP contribution in [0.5, 0.6) is 0 Å². The molecule has 3 aromatic heterocycles. The molecule has 3 aromatic carbocycles. The zero-order valence-corrected chi connectivity index (χ0v) is 20.8. The molecule has 10 heteroatoms. The Hall–Kier alpha value is -3.89. The van der Waals surface area contributed by atoms with Gasteiger partial charge in [0.15, 0.2) is 5.65 Å². The second kappa shape index (κ2) is 8.35. The number of hydrogen-bond acceptors (Lipinski definition) is 7. The maximum absolute atomic E-state index is 14.1. The van der Waals surface area contributed by atoms with Gasteiger partial charge < -0.3 is 4.98 Å². The van der Waals surface area contributed by atoms with Crippen LogP contribution in [-0.4, -0.2) is 40.9 Å². The Morgan fingerprint density at radius 3 is 2.42 bits per heavy atom. The summed E-state index contributed by atoms with van der Waals surface area (Å²) in [5.74, 6) is 0.393. The first-order valence-corrected chi connectivity index (χ1v) is 13.3. The molecule has 0 saturated heterocycles. The Labute approximate surface area is 214 Å². The molecule has 0 bridgehead atoms. The molecule has 36 heavy (non-hydrogen) atoms. The van der Waals surface area contributed by atoms with Gasteiger partial charge in [0.2, 0.25) is 11.1 Å².